The van der Waals surface area contributed by atoms with Gasteiger partial charge in [0.2, 0.25) is 0 Å². The number of aliphatic hydroxyl groups is 1. The van der Waals surface area contributed by atoms with Gasteiger partial charge in [-0.15, -0.1) is 0 Å². The van der Waals surface area contributed by atoms with Gasteiger partial charge in [0.15, 0.2) is 0 Å². The highest BCUT2D eigenvalue weighted by molar-refractivity contribution is 5.17. The number of hydrogen-bond acceptors (Lipinski definition) is 3. The number of nitrogens with zero attached hydrogens (tertiary/aromatic N) is 1. The smallest absolute Gasteiger partial charge is 0.0827 e. The van der Waals surface area contributed by atoms with Crippen molar-refractivity contribution in [2.75, 3.05) is 19.6 Å². The first kappa shape index (κ1) is 14.5. The van der Waals surface area contributed by atoms with Gasteiger partial charge in [0.25, 0.3) is 0 Å². The molecule has 0 aromatic heterocycles. The Hall–Kier alpha value is -0.900. The monoisotopic (exact) mass is 263 g/mol. The lowest BCUT2D eigenvalue weighted by Gasteiger charge is -2.37. The van der Waals surface area contributed by atoms with Crippen LogP contribution in [0.25, 0.3) is 0 Å². The van der Waals surface area contributed by atoms with Crippen LogP contribution in [0.2, 0.25) is 0 Å². The van der Waals surface area contributed by atoms with Crippen molar-refractivity contribution in [1.29, 1.82) is 0 Å². The predicted molar refractivity (Wildman–Crippen MR) is 77.0 cm³/mol. The largest absolute Gasteiger partial charge is 0.388 e. The highest BCUT2D eigenvalue weighted by Gasteiger charge is 2.25. The van der Waals surface area contributed by atoms with Gasteiger partial charge in [-0.1, -0.05) is 37.3 Å². The lowest BCUT2D eigenvalue weighted by molar-refractivity contribution is -0.0754. The number of hydrogen-bond donors (Lipinski definition) is 1. The van der Waals surface area contributed by atoms with E-state index in [4.69, 9.17) is 4.74 Å². The van der Waals surface area contributed by atoms with Crippen LogP contribution in [0, 0.1) is 5.92 Å². The van der Waals surface area contributed by atoms with Gasteiger partial charge in [0, 0.05) is 19.6 Å². The molecule has 0 saturated carbocycles. The fourth-order valence-electron chi connectivity index (χ4n) is 2.92. The molecular formula is C16H25NO2. The van der Waals surface area contributed by atoms with Gasteiger partial charge in [-0.25, -0.2) is 0 Å². The Morgan fingerprint density at radius 2 is 1.79 bits per heavy atom. The van der Waals surface area contributed by atoms with Crippen molar-refractivity contribution in [3.8, 4) is 0 Å². The molecule has 1 aromatic carbocycles. The van der Waals surface area contributed by atoms with Gasteiger partial charge in [0.05, 0.1) is 18.3 Å². The van der Waals surface area contributed by atoms with Crippen LogP contribution in [0.5, 0.6) is 0 Å². The molecule has 0 radical (unpaired) electrons. The summed E-state index contributed by atoms with van der Waals surface area (Å²) in [5.74, 6) is 0.222. The minimum atomic E-state index is -0.394. The Bertz CT molecular complexity index is 372. The minimum absolute atomic E-state index is 0.222. The van der Waals surface area contributed by atoms with Gasteiger partial charge in [-0.2, -0.15) is 0 Å². The Morgan fingerprint density at radius 1 is 1.21 bits per heavy atom. The number of ether oxygens (including phenoxy) is 1. The topological polar surface area (TPSA) is 32.7 Å². The summed E-state index contributed by atoms with van der Waals surface area (Å²) in [6.45, 7) is 9.16. The lowest BCUT2D eigenvalue weighted by atomic mass is 9.96. The van der Waals surface area contributed by atoms with E-state index in [2.05, 4.69) is 25.7 Å². The van der Waals surface area contributed by atoms with Gasteiger partial charge in [-0.05, 0) is 25.3 Å². The fourth-order valence-corrected chi connectivity index (χ4v) is 2.92. The van der Waals surface area contributed by atoms with Crippen LogP contribution >= 0.6 is 0 Å². The van der Waals surface area contributed by atoms with Crippen LogP contribution in [-0.4, -0.2) is 41.8 Å². The van der Waals surface area contributed by atoms with Gasteiger partial charge in [0.1, 0.15) is 0 Å². The van der Waals surface area contributed by atoms with Crippen molar-refractivity contribution in [1.82, 2.24) is 4.90 Å². The zero-order valence-corrected chi connectivity index (χ0v) is 12.1. The molecule has 4 unspecified atom stereocenters. The molecule has 0 spiro atoms. The number of morpholine rings is 1. The standard InChI is InChI=1S/C16H25NO2/c1-12(16(18)15-7-5-4-6-8-15)9-17-10-13(2)19-14(3)11-17/h4-8,12-14,16,18H,9-11H2,1-3H3. The summed E-state index contributed by atoms with van der Waals surface area (Å²) >= 11 is 0. The average molecular weight is 263 g/mol. The lowest BCUT2D eigenvalue weighted by Crippen LogP contribution is -2.47. The van der Waals surface area contributed by atoms with E-state index in [0.717, 1.165) is 25.2 Å². The second-order valence-corrected chi connectivity index (χ2v) is 5.81. The van der Waals surface area contributed by atoms with Crippen molar-refractivity contribution in [2.24, 2.45) is 5.92 Å². The maximum atomic E-state index is 10.4. The quantitative estimate of drug-likeness (QED) is 0.906. The molecule has 1 aliphatic heterocycles. The third-order valence-corrected chi connectivity index (χ3v) is 3.72. The molecule has 1 N–H and O–H groups in total. The van der Waals surface area contributed by atoms with E-state index in [1.165, 1.54) is 0 Å². The first-order chi connectivity index (χ1) is 9.06. The summed E-state index contributed by atoms with van der Waals surface area (Å²) in [6.07, 6.45) is 0.171. The van der Waals surface area contributed by atoms with E-state index in [-0.39, 0.29) is 18.1 Å². The molecule has 106 valence electrons. The number of rotatable bonds is 4. The van der Waals surface area contributed by atoms with Crippen molar-refractivity contribution >= 4 is 0 Å². The SMILES string of the molecule is CC1CN(CC(C)C(O)c2ccccc2)CC(C)O1. The van der Waals surface area contributed by atoms with Crippen LogP contribution < -0.4 is 0 Å². The Balaban J connectivity index is 1.91. The van der Waals surface area contributed by atoms with Crippen LogP contribution in [0.3, 0.4) is 0 Å². The van der Waals surface area contributed by atoms with Crippen LogP contribution in [0.4, 0.5) is 0 Å². The van der Waals surface area contributed by atoms with E-state index in [0.29, 0.717) is 0 Å². The van der Waals surface area contributed by atoms with E-state index in [1.54, 1.807) is 0 Å². The first-order valence-electron chi connectivity index (χ1n) is 7.17. The van der Waals surface area contributed by atoms with Crippen LogP contribution in [-0.2, 0) is 4.74 Å². The highest BCUT2D eigenvalue weighted by Crippen LogP contribution is 2.23. The second kappa shape index (κ2) is 6.51. The minimum Gasteiger partial charge on any atom is -0.388 e. The van der Waals surface area contributed by atoms with E-state index in [1.807, 2.05) is 30.3 Å². The molecular weight excluding hydrogens is 238 g/mol. The third kappa shape index (κ3) is 4.03. The molecule has 2 rings (SSSR count). The van der Waals surface area contributed by atoms with Gasteiger partial charge < -0.3 is 9.84 Å². The highest BCUT2D eigenvalue weighted by atomic mass is 16.5. The molecule has 0 bridgehead atoms. The summed E-state index contributed by atoms with van der Waals surface area (Å²) in [7, 11) is 0. The normalized spacial score (nSPS) is 28.0. The molecule has 1 aliphatic rings. The predicted octanol–water partition coefficient (Wildman–Crippen LogP) is 2.47. The Kier molecular flexibility index (Phi) is 4.97. The molecule has 0 aliphatic carbocycles. The summed E-state index contributed by atoms with van der Waals surface area (Å²) in [6, 6.07) is 9.91. The first-order valence-corrected chi connectivity index (χ1v) is 7.17. The van der Waals surface area contributed by atoms with Crippen molar-refractivity contribution in [3.05, 3.63) is 35.9 Å². The number of benzene rings is 1. The summed E-state index contributed by atoms with van der Waals surface area (Å²) in [5, 5.41) is 10.4. The zero-order chi connectivity index (χ0) is 13.8. The summed E-state index contributed by atoms with van der Waals surface area (Å²) in [4.78, 5) is 2.40. The van der Waals surface area contributed by atoms with E-state index in [9.17, 15) is 5.11 Å². The van der Waals surface area contributed by atoms with Crippen molar-refractivity contribution < 1.29 is 9.84 Å². The summed E-state index contributed by atoms with van der Waals surface area (Å²) < 4.78 is 5.74. The molecule has 1 saturated heterocycles. The van der Waals surface area contributed by atoms with Crippen molar-refractivity contribution in [2.45, 2.75) is 39.1 Å². The van der Waals surface area contributed by atoms with Crippen LogP contribution in [0.15, 0.2) is 30.3 Å². The second-order valence-electron chi connectivity index (χ2n) is 5.81. The van der Waals surface area contributed by atoms with E-state index < -0.39 is 6.10 Å². The molecule has 3 nitrogen and oxygen atoms in total. The number of aliphatic hydroxyl groups excluding tert-OH is 1. The van der Waals surface area contributed by atoms with Gasteiger partial charge >= 0.3 is 0 Å². The Labute approximate surface area is 116 Å². The molecule has 1 heterocycles. The maximum Gasteiger partial charge on any atom is 0.0827 e. The van der Waals surface area contributed by atoms with Gasteiger partial charge in [-0.3, -0.25) is 4.90 Å². The summed E-state index contributed by atoms with van der Waals surface area (Å²) in [5.41, 5.74) is 1.00. The molecule has 1 aromatic rings. The van der Waals surface area contributed by atoms with Crippen molar-refractivity contribution in [3.63, 3.8) is 0 Å². The maximum absolute atomic E-state index is 10.4. The Morgan fingerprint density at radius 3 is 2.37 bits per heavy atom. The van der Waals surface area contributed by atoms with E-state index >= 15 is 0 Å². The average Bonchev–Trinajstić information content (AvgIpc) is 2.37. The molecule has 3 heteroatoms. The third-order valence-electron chi connectivity index (χ3n) is 3.72. The molecule has 0 amide bonds. The molecule has 19 heavy (non-hydrogen) atoms. The van der Waals surface area contributed by atoms with Crippen LogP contribution in [0.1, 0.15) is 32.4 Å². The molecule has 1 fully saturated rings. The fraction of sp³-hybridized carbons (Fsp3) is 0.625. The molecule has 4 atom stereocenters. The zero-order valence-electron chi connectivity index (χ0n) is 12.1.